The van der Waals surface area contributed by atoms with Gasteiger partial charge in [-0.15, -0.1) is 12.4 Å². The molecule has 0 spiro atoms. The van der Waals surface area contributed by atoms with Crippen LogP contribution in [0.1, 0.15) is 25.7 Å². The van der Waals surface area contributed by atoms with E-state index >= 15 is 0 Å². The molecule has 106 valence electrons. The number of carbonyl (C=O) groups is 1. The molecule has 2 aliphatic rings. The van der Waals surface area contributed by atoms with Crippen LogP contribution in [0.2, 0.25) is 0 Å². The topological polar surface area (TPSA) is 61.8 Å². The number of hydrogen-bond acceptors (Lipinski definition) is 4. The summed E-state index contributed by atoms with van der Waals surface area (Å²) in [6, 6.07) is -0.224. The Morgan fingerprint density at radius 1 is 1.50 bits per heavy atom. The highest BCUT2D eigenvalue weighted by Gasteiger charge is 2.31. The molecule has 0 aromatic heterocycles. The molecule has 6 heteroatoms. The first kappa shape index (κ1) is 15.7. The molecule has 3 unspecified atom stereocenters. The van der Waals surface area contributed by atoms with Crippen molar-refractivity contribution in [3.8, 4) is 0 Å². The number of aliphatic hydroxyl groups excluding tert-OH is 1. The predicted octanol–water partition coefficient (Wildman–Crippen LogP) is 0.158. The van der Waals surface area contributed by atoms with E-state index < -0.39 is 0 Å². The van der Waals surface area contributed by atoms with Crippen molar-refractivity contribution >= 4 is 18.3 Å². The average Bonchev–Trinajstić information content (AvgIpc) is 2.76. The van der Waals surface area contributed by atoms with Gasteiger partial charge in [-0.1, -0.05) is 0 Å². The Hall–Kier alpha value is -0.360. The number of β-amino-alcohol motifs (C(OH)–C–C–N with tert-alkyl or cyclic N) is 1. The predicted molar refractivity (Wildman–Crippen MR) is 70.9 cm³/mol. The van der Waals surface area contributed by atoms with Crippen LogP contribution in [-0.2, 0) is 9.53 Å². The second-order valence-corrected chi connectivity index (χ2v) is 5.06. The van der Waals surface area contributed by atoms with Gasteiger partial charge in [-0.3, -0.25) is 4.79 Å². The molecule has 2 aliphatic heterocycles. The van der Waals surface area contributed by atoms with Crippen LogP contribution in [0, 0.1) is 0 Å². The summed E-state index contributed by atoms with van der Waals surface area (Å²) >= 11 is 0. The van der Waals surface area contributed by atoms with Gasteiger partial charge in [0.15, 0.2) is 0 Å². The Balaban J connectivity index is 0.00000162. The monoisotopic (exact) mass is 278 g/mol. The van der Waals surface area contributed by atoms with Crippen molar-refractivity contribution in [1.29, 1.82) is 0 Å². The molecule has 2 rings (SSSR count). The van der Waals surface area contributed by atoms with Gasteiger partial charge in [0.25, 0.3) is 0 Å². The quantitative estimate of drug-likeness (QED) is 0.772. The van der Waals surface area contributed by atoms with Crippen LogP contribution in [0.5, 0.6) is 0 Å². The first-order valence-electron chi connectivity index (χ1n) is 6.45. The molecule has 3 atom stereocenters. The second kappa shape index (κ2) is 7.28. The molecule has 2 heterocycles. The van der Waals surface area contributed by atoms with Gasteiger partial charge in [-0.2, -0.15) is 0 Å². The molecule has 0 bridgehead atoms. The number of halogens is 1. The lowest BCUT2D eigenvalue weighted by molar-refractivity contribution is -0.134. The number of nitrogens with one attached hydrogen (secondary N) is 1. The zero-order valence-electron chi connectivity index (χ0n) is 10.8. The summed E-state index contributed by atoms with van der Waals surface area (Å²) in [4.78, 5) is 13.8. The summed E-state index contributed by atoms with van der Waals surface area (Å²) < 4.78 is 5.62. The SMILES string of the molecule is CN(CC1CCCCO1)C(=O)C1CC(O)CN1.Cl. The van der Waals surface area contributed by atoms with E-state index in [1.807, 2.05) is 7.05 Å². The number of hydrogen-bond donors (Lipinski definition) is 2. The third kappa shape index (κ3) is 4.09. The first-order valence-corrected chi connectivity index (χ1v) is 6.45. The van der Waals surface area contributed by atoms with Gasteiger partial charge in [-0.25, -0.2) is 0 Å². The molecule has 0 aliphatic carbocycles. The Kier molecular flexibility index (Phi) is 6.35. The fourth-order valence-corrected chi connectivity index (χ4v) is 2.52. The van der Waals surface area contributed by atoms with E-state index in [9.17, 15) is 9.90 Å². The molecule has 2 saturated heterocycles. The fourth-order valence-electron chi connectivity index (χ4n) is 2.52. The maximum absolute atomic E-state index is 12.1. The smallest absolute Gasteiger partial charge is 0.239 e. The molecule has 1 amide bonds. The van der Waals surface area contributed by atoms with Crippen LogP contribution in [-0.4, -0.2) is 60.9 Å². The normalized spacial score (nSPS) is 31.8. The number of likely N-dealkylation sites (N-methyl/N-ethyl adjacent to an activating group) is 1. The summed E-state index contributed by atoms with van der Waals surface area (Å²) in [6.45, 7) is 1.99. The number of aliphatic hydroxyl groups is 1. The lowest BCUT2D eigenvalue weighted by atomic mass is 10.1. The summed E-state index contributed by atoms with van der Waals surface area (Å²) in [5.41, 5.74) is 0. The standard InChI is InChI=1S/C12H22N2O3.ClH/c1-14(8-10-4-2-3-5-17-10)12(16)11-6-9(15)7-13-11;/h9-11,13,15H,2-8H2,1H3;1H. The van der Waals surface area contributed by atoms with Gasteiger partial charge in [0.1, 0.15) is 0 Å². The minimum absolute atomic E-state index is 0. The van der Waals surface area contributed by atoms with Crippen molar-refractivity contribution in [3.63, 3.8) is 0 Å². The van der Waals surface area contributed by atoms with E-state index in [0.29, 0.717) is 19.5 Å². The maximum Gasteiger partial charge on any atom is 0.239 e. The van der Waals surface area contributed by atoms with Crippen molar-refractivity contribution in [2.24, 2.45) is 0 Å². The van der Waals surface area contributed by atoms with E-state index in [0.717, 1.165) is 19.4 Å². The van der Waals surface area contributed by atoms with Gasteiger partial charge in [0, 0.05) is 26.7 Å². The summed E-state index contributed by atoms with van der Waals surface area (Å²) in [5.74, 6) is 0.0655. The fraction of sp³-hybridized carbons (Fsp3) is 0.917. The number of rotatable bonds is 3. The summed E-state index contributed by atoms with van der Waals surface area (Å²) in [5, 5.41) is 12.4. The second-order valence-electron chi connectivity index (χ2n) is 5.06. The highest BCUT2D eigenvalue weighted by molar-refractivity contribution is 5.85. The van der Waals surface area contributed by atoms with Gasteiger partial charge < -0.3 is 20.1 Å². The Bertz CT molecular complexity index is 272. The average molecular weight is 279 g/mol. The third-order valence-electron chi connectivity index (χ3n) is 3.53. The Morgan fingerprint density at radius 2 is 2.28 bits per heavy atom. The lowest BCUT2D eigenvalue weighted by Crippen LogP contribution is -2.45. The van der Waals surface area contributed by atoms with Crippen molar-refractivity contribution in [3.05, 3.63) is 0 Å². The molecule has 2 N–H and O–H groups in total. The van der Waals surface area contributed by atoms with Gasteiger partial charge in [0.2, 0.25) is 5.91 Å². The van der Waals surface area contributed by atoms with Crippen LogP contribution < -0.4 is 5.32 Å². The Labute approximate surface area is 114 Å². The molecule has 5 nitrogen and oxygen atoms in total. The number of carbonyl (C=O) groups excluding carboxylic acids is 1. The minimum Gasteiger partial charge on any atom is -0.392 e. The van der Waals surface area contributed by atoms with Crippen molar-refractivity contribution < 1.29 is 14.6 Å². The van der Waals surface area contributed by atoms with Gasteiger partial charge in [0.05, 0.1) is 18.2 Å². The van der Waals surface area contributed by atoms with E-state index in [2.05, 4.69) is 5.32 Å². The Morgan fingerprint density at radius 3 is 2.83 bits per heavy atom. The van der Waals surface area contributed by atoms with Crippen LogP contribution >= 0.6 is 12.4 Å². The first-order chi connectivity index (χ1) is 8.16. The third-order valence-corrected chi connectivity index (χ3v) is 3.53. The molecule has 18 heavy (non-hydrogen) atoms. The molecule has 2 fully saturated rings. The maximum atomic E-state index is 12.1. The molecule has 0 saturated carbocycles. The number of ether oxygens (including phenoxy) is 1. The van der Waals surface area contributed by atoms with Crippen molar-refractivity contribution in [1.82, 2.24) is 10.2 Å². The van der Waals surface area contributed by atoms with Crippen LogP contribution in [0.4, 0.5) is 0 Å². The van der Waals surface area contributed by atoms with E-state index in [-0.39, 0.29) is 36.6 Å². The molecular weight excluding hydrogens is 256 g/mol. The minimum atomic E-state index is -0.386. The van der Waals surface area contributed by atoms with Crippen LogP contribution in [0.3, 0.4) is 0 Å². The molecule has 0 aromatic rings. The largest absolute Gasteiger partial charge is 0.392 e. The van der Waals surface area contributed by atoms with E-state index in [1.165, 1.54) is 6.42 Å². The summed E-state index contributed by atoms with van der Waals surface area (Å²) in [7, 11) is 1.81. The lowest BCUT2D eigenvalue weighted by Gasteiger charge is -2.28. The van der Waals surface area contributed by atoms with Crippen LogP contribution in [0.25, 0.3) is 0 Å². The molecule has 0 aromatic carbocycles. The zero-order valence-corrected chi connectivity index (χ0v) is 11.6. The number of amides is 1. The van der Waals surface area contributed by atoms with E-state index in [4.69, 9.17) is 4.74 Å². The number of nitrogens with zero attached hydrogens (tertiary/aromatic N) is 1. The van der Waals surface area contributed by atoms with Crippen LogP contribution in [0.15, 0.2) is 0 Å². The summed E-state index contributed by atoms with van der Waals surface area (Å²) in [6.07, 6.45) is 3.68. The van der Waals surface area contributed by atoms with E-state index in [1.54, 1.807) is 4.90 Å². The highest BCUT2D eigenvalue weighted by atomic mass is 35.5. The molecular formula is C12H23ClN2O3. The molecule has 0 radical (unpaired) electrons. The van der Waals surface area contributed by atoms with Crippen molar-refractivity contribution in [2.75, 3.05) is 26.7 Å². The van der Waals surface area contributed by atoms with Gasteiger partial charge in [-0.05, 0) is 25.7 Å². The zero-order chi connectivity index (χ0) is 12.3. The van der Waals surface area contributed by atoms with Gasteiger partial charge >= 0.3 is 0 Å². The highest BCUT2D eigenvalue weighted by Crippen LogP contribution is 2.15. The van der Waals surface area contributed by atoms with Crippen molar-refractivity contribution in [2.45, 2.75) is 43.9 Å².